The van der Waals surface area contributed by atoms with Crippen molar-refractivity contribution in [3.05, 3.63) is 51.8 Å². The van der Waals surface area contributed by atoms with Gasteiger partial charge in [-0.3, -0.25) is 4.57 Å². The van der Waals surface area contributed by atoms with Crippen molar-refractivity contribution < 1.29 is 37.3 Å². The van der Waals surface area contributed by atoms with Crippen LogP contribution in [0, 0.1) is 5.82 Å². The minimum atomic E-state index is -2.05. The summed E-state index contributed by atoms with van der Waals surface area (Å²) in [5.41, 5.74) is 3.11. The summed E-state index contributed by atoms with van der Waals surface area (Å²) in [6, 6.07) is 6.08. The molecule has 3 aromatic rings. The Morgan fingerprint density at radius 1 is 1.07 bits per heavy atom. The lowest BCUT2D eigenvalue weighted by molar-refractivity contribution is -0.137. The Morgan fingerprint density at radius 3 is 2.51 bits per heavy atom. The van der Waals surface area contributed by atoms with E-state index in [1.165, 1.54) is 12.1 Å². The van der Waals surface area contributed by atoms with Crippen molar-refractivity contribution in [1.29, 1.82) is 0 Å². The number of rotatable bonds is 16. The van der Waals surface area contributed by atoms with Crippen molar-refractivity contribution in [2.45, 2.75) is 134 Å². The monoisotopic (exact) mass is 816 g/mol. The molecule has 11 nitrogen and oxygen atoms in total. The lowest BCUT2D eigenvalue weighted by Gasteiger charge is -2.39. The highest BCUT2D eigenvalue weighted by atomic mass is 35.5. The second-order valence-corrected chi connectivity index (χ2v) is 28.5. The number of hydrogen-bond acceptors (Lipinski definition) is 10. The van der Waals surface area contributed by atoms with Crippen LogP contribution >= 0.6 is 11.6 Å². The van der Waals surface area contributed by atoms with Crippen LogP contribution in [0.5, 0.6) is 6.01 Å². The van der Waals surface area contributed by atoms with Gasteiger partial charge in [0.25, 0.3) is 0 Å². The highest BCUT2D eigenvalue weighted by Crippen LogP contribution is 2.42. The van der Waals surface area contributed by atoms with Gasteiger partial charge in [0.1, 0.15) is 36.1 Å². The summed E-state index contributed by atoms with van der Waals surface area (Å²) in [6.07, 6.45) is 4.86. The van der Waals surface area contributed by atoms with Crippen LogP contribution in [0.2, 0.25) is 48.8 Å². The Kier molecular flexibility index (Phi) is 12.9. The molecule has 0 bridgehead atoms. The van der Waals surface area contributed by atoms with Crippen LogP contribution in [0.1, 0.15) is 69.7 Å². The normalized spacial score (nSPS) is 22.8. The summed E-state index contributed by atoms with van der Waals surface area (Å²) in [5.74, 6) is -0.385. The lowest BCUT2D eigenvalue weighted by atomic mass is 10.0. The third-order valence-electron chi connectivity index (χ3n) is 11.1. The van der Waals surface area contributed by atoms with Gasteiger partial charge in [0.15, 0.2) is 20.1 Å². The summed E-state index contributed by atoms with van der Waals surface area (Å²) in [5, 5.41) is 3.83. The molecule has 2 aliphatic heterocycles. The number of aromatic nitrogens is 3. The number of carbonyl (C=O) groups excluding carboxylic acids is 1. The lowest BCUT2D eigenvalue weighted by Crippen LogP contribution is -2.47. The fourth-order valence-electron chi connectivity index (χ4n) is 6.84. The Morgan fingerprint density at radius 2 is 1.80 bits per heavy atom. The third-order valence-corrected chi connectivity index (χ3v) is 17.6. The number of halogens is 2. The molecule has 55 heavy (non-hydrogen) atoms. The summed E-state index contributed by atoms with van der Waals surface area (Å²) < 4.78 is 54.8. The molecule has 0 spiro atoms. The predicted octanol–water partition coefficient (Wildman–Crippen LogP) is 8.93. The fraction of sp³-hybridized carbons (Fsp3) is 0.625. The molecule has 1 N–H and O–H groups in total. The Bertz CT molecular complexity index is 1880. The second-order valence-electron chi connectivity index (χ2n) is 17.7. The van der Waals surface area contributed by atoms with Gasteiger partial charge in [-0.25, -0.2) is 14.2 Å². The number of fused-ring (bicyclic) bond motifs is 3. The number of aryl methyl sites for hydroxylation is 1. The standard InChI is InChI=1S/C40H58ClFN4O7Si2/c1-10-11-16-49-33(47)15-12-25-19-26-13-14-29(34(26)28(42)20-25)43-37-27(41)21-30-38(45-37)46(24-48-17-18-54(5,6)7)39(44-30)52-31-22-50-36-32(23-51-35(31)36)53-55(8,9)40(2,3)4/h12,15,19-21,29,31-32,35-36H,10-11,13-14,16-18,22-24H2,1-9H3,(H,43,45)/b15-12+/t29-,31+,32+,35+,36+/m0/s1. The molecule has 1 aliphatic carbocycles. The maximum Gasteiger partial charge on any atom is 0.330 e. The average Bonchev–Trinajstić information content (AvgIpc) is 3.86. The molecule has 0 saturated carbocycles. The van der Waals surface area contributed by atoms with Gasteiger partial charge in [0.2, 0.25) is 0 Å². The van der Waals surface area contributed by atoms with E-state index in [2.05, 4.69) is 58.8 Å². The van der Waals surface area contributed by atoms with Gasteiger partial charge < -0.3 is 33.4 Å². The van der Waals surface area contributed by atoms with Crippen LogP contribution in [0.3, 0.4) is 0 Å². The number of pyridine rings is 1. The number of esters is 1. The van der Waals surface area contributed by atoms with Gasteiger partial charge in [-0.05, 0) is 72.8 Å². The molecule has 2 saturated heterocycles. The largest absolute Gasteiger partial charge is 0.463 e. The smallest absolute Gasteiger partial charge is 0.330 e. The molecule has 0 radical (unpaired) electrons. The quantitative estimate of drug-likeness (QED) is 0.0651. The minimum absolute atomic E-state index is 0.0597. The van der Waals surface area contributed by atoms with Crippen LogP contribution in [-0.2, 0) is 41.3 Å². The SMILES string of the molecule is CCCCOC(=O)/C=C/c1cc(F)c2c(c1)CC[C@@H]2Nc1nc2c(cc1Cl)nc(O[C@@H]1CO[C@H]3[C@@H]1OC[C@H]3O[Si](C)(C)C(C)(C)C)n2COCC[Si](C)(C)C. The van der Waals surface area contributed by atoms with E-state index >= 15 is 4.39 Å². The first kappa shape index (κ1) is 41.8. The van der Waals surface area contributed by atoms with E-state index in [9.17, 15) is 4.79 Å². The van der Waals surface area contributed by atoms with Crippen molar-refractivity contribution in [3.8, 4) is 6.01 Å². The van der Waals surface area contributed by atoms with Crippen LogP contribution < -0.4 is 10.1 Å². The van der Waals surface area contributed by atoms with Gasteiger partial charge in [0.05, 0.1) is 37.0 Å². The average molecular weight is 818 g/mol. The van der Waals surface area contributed by atoms with Gasteiger partial charge in [-0.15, -0.1) is 0 Å². The van der Waals surface area contributed by atoms with Crippen LogP contribution in [0.4, 0.5) is 10.2 Å². The number of carbonyl (C=O) groups is 1. The summed E-state index contributed by atoms with van der Waals surface area (Å²) in [6.45, 7) is 22.0. The maximum absolute atomic E-state index is 15.7. The van der Waals surface area contributed by atoms with Gasteiger partial charge in [-0.2, -0.15) is 4.98 Å². The maximum atomic E-state index is 15.7. The van der Waals surface area contributed by atoms with E-state index < -0.39 is 28.5 Å². The number of anilines is 1. The number of hydrogen-bond donors (Lipinski definition) is 1. The van der Waals surface area contributed by atoms with Crippen molar-refractivity contribution in [3.63, 3.8) is 0 Å². The molecule has 15 heteroatoms. The van der Waals surface area contributed by atoms with E-state index in [0.29, 0.717) is 78.4 Å². The molecular weight excluding hydrogens is 759 g/mol. The van der Waals surface area contributed by atoms with E-state index in [-0.39, 0.29) is 41.9 Å². The molecule has 2 aromatic heterocycles. The highest BCUT2D eigenvalue weighted by Gasteiger charge is 2.52. The zero-order chi connectivity index (χ0) is 39.7. The van der Waals surface area contributed by atoms with E-state index in [0.717, 1.165) is 24.4 Å². The molecule has 0 unspecified atom stereocenters. The highest BCUT2D eigenvalue weighted by molar-refractivity contribution is 6.76. The third kappa shape index (κ3) is 9.82. The Labute approximate surface area is 331 Å². The second kappa shape index (κ2) is 16.9. The number of imidazole rings is 1. The van der Waals surface area contributed by atoms with Crippen LogP contribution in [0.15, 0.2) is 24.3 Å². The predicted molar refractivity (Wildman–Crippen MR) is 219 cm³/mol. The van der Waals surface area contributed by atoms with E-state index in [1.54, 1.807) is 12.1 Å². The Hall–Kier alpha value is -2.86. The van der Waals surface area contributed by atoms with Gasteiger partial charge >= 0.3 is 12.0 Å². The molecule has 6 rings (SSSR count). The van der Waals surface area contributed by atoms with Crippen molar-refractivity contribution in [2.24, 2.45) is 0 Å². The molecule has 0 amide bonds. The number of nitrogens with one attached hydrogen (secondary N) is 1. The van der Waals surface area contributed by atoms with E-state index in [1.807, 2.05) is 17.6 Å². The number of nitrogens with zero attached hydrogens (tertiary/aromatic N) is 3. The topological polar surface area (TPSA) is 115 Å². The zero-order valence-electron chi connectivity index (χ0n) is 33.8. The van der Waals surface area contributed by atoms with E-state index in [4.69, 9.17) is 49.7 Å². The van der Waals surface area contributed by atoms with Gasteiger partial charge in [0, 0.05) is 26.3 Å². The first-order valence-corrected chi connectivity index (χ1v) is 26.6. The summed E-state index contributed by atoms with van der Waals surface area (Å²) >= 11 is 6.83. The minimum Gasteiger partial charge on any atom is -0.463 e. The molecule has 3 aliphatic rings. The van der Waals surface area contributed by atoms with Crippen molar-refractivity contribution >= 4 is 57.0 Å². The summed E-state index contributed by atoms with van der Waals surface area (Å²) in [4.78, 5) is 21.9. The van der Waals surface area contributed by atoms with Crippen LogP contribution in [-0.4, -0.2) is 87.7 Å². The number of benzene rings is 1. The zero-order valence-corrected chi connectivity index (χ0v) is 36.6. The van der Waals surface area contributed by atoms with Gasteiger partial charge in [-0.1, -0.05) is 71.4 Å². The Balaban J connectivity index is 1.21. The van der Waals surface area contributed by atoms with Crippen molar-refractivity contribution in [1.82, 2.24) is 14.5 Å². The molecule has 4 heterocycles. The van der Waals surface area contributed by atoms with Crippen LogP contribution in [0.25, 0.3) is 17.2 Å². The first-order chi connectivity index (χ1) is 25.9. The molecule has 302 valence electrons. The molecular formula is C40H58ClFN4O7Si2. The number of unbranched alkanes of at least 4 members (excludes halogenated alkanes) is 1. The number of ether oxygens (including phenoxy) is 5. The fourth-order valence-corrected chi connectivity index (χ4v) is 9.11. The molecule has 5 atom stereocenters. The van der Waals surface area contributed by atoms with Crippen molar-refractivity contribution in [2.75, 3.05) is 31.7 Å². The molecule has 2 fully saturated rings. The first-order valence-electron chi connectivity index (χ1n) is 19.6. The molecule has 1 aromatic carbocycles. The summed E-state index contributed by atoms with van der Waals surface area (Å²) in [7, 11) is -3.39.